The number of hydrogen-bond donors (Lipinski definition) is 0. The van der Waals surface area contributed by atoms with Gasteiger partial charge >= 0.3 is 6.18 Å². The smallest absolute Gasteiger partial charge is 0.454 e. The monoisotopic (exact) mass is 351 g/mol. The summed E-state index contributed by atoms with van der Waals surface area (Å²) in [6.45, 7) is 1.59. The van der Waals surface area contributed by atoms with Crippen LogP contribution >= 0.6 is 0 Å². The number of Topliss-reactive ketones (excluding diaryl/α,β-unsaturated/α-hetero) is 1. The van der Waals surface area contributed by atoms with E-state index < -0.39 is 17.5 Å². The van der Waals surface area contributed by atoms with Gasteiger partial charge in [0.25, 0.3) is 5.78 Å². The molecule has 7 heteroatoms. The summed E-state index contributed by atoms with van der Waals surface area (Å²) in [5, 5.41) is 0. The molecule has 0 fully saturated rings. The first kappa shape index (κ1) is 18.5. The molecule has 0 saturated heterocycles. The number of aryl methyl sites for hydroxylation is 1. The lowest BCUT2D eigenvalue weighted by atomic mass is 9.99. The van der Waals surface area contributed by atoms with Crippen molar-refractivity contribution < 1.29 is 27.4 Å². The van der Waals surface area contributed by atoms with Crippen molar-refractivity contribution in [2.24, 2.45) is 0 Å². The molecule has 0 N–H and O–H groups in total. The number of pyridine rings is 1. The third-order valence-electron chi connectivity index (χ3n) is 3.45. The number of ether oxygens (including phenoxy) is 2. The number of carbonyl (C=O) groups is 1. The van der Waals surface area contributed by atoms with E-state index >= 15 is 0 Å². The number of halogens is 3. The van der Waals surface area contributed by atoms with Crippen molar-refractivity contribution in [3.63, 3.8) is 0 Å². The highest BCUT2D eigenvalue weighted by atomic mass is 19.4. The molecular weight excluding hydrogens is 335 g/mol. The number of hydrogen-bond acceptors (Lipinski definition) is 4. The second-order valence-corrected chi connectivity index (χ2v) is 5.20. The van der Waals surface area contributed by atoms with Crippen LogP contribution in [0, 0.1) is 6.92 Å². The van der Waals surface area contributed by atoms with E-state index in [-0.39, 0.29) is 5.69 Å². The predicted molar refractivity (Wildman–Crippen MR) is 87.5 cm³/mol. The van der Waals surface area contributed by atoms with E-state index in [1.165, 1.54) is 32.5 Å². The minimum Gasteiger partial charge on any atom is -0.497 e. The largest absolute Gasteiger partial charge is 0.497 e. The zero-order chi connectivity index (χ0) is 18.6. The summed E-state index contributed by atoms with van der Waals surface area (Å²) in [6.07, 6.45) is -2.54. The Morgan fingerprint density at radius 1 is 1.12 bits per heavy atom. The molecular formula is C18H16F3NO3. The molecule has 0 atom stereocenters. The van der Waals surface area contributed by atoms with Crippen LogP contribution < -0.4 is 9.47 Å². The van der Waals surface area contributed by atoms with E-state index in [2.05, 4.69) is 4.98 Å². The molecule has 2 rings (SSSR count). The van der Waals surface area contributed by atoms with Gasteiger partial charge in [0.2, 0.25) is 0 Å². The highest BCUT2D eigenvalue weighted by Crippen LogP contribution is 2.31. The van der Waals surface area contributed by atoms with Gasteiger partial charge in [-0.25, -0.2) is 0 Å². The van der Waals surface area contributed by atoms with Crippen molar-refractivity contribution in [3.05, 3.63) is 53.3 Å². The highest BCUT2D eigenvalue weighted by Gasteiger charge is 2.41. The van der Waals surface area contributed by atoms with E-state index in [1.807, 2.05) is 0 Å². The molecule has 1 aromatic heterocycles. The number of nitrogens with zero attached hydrogens (tertiary/aromatic N) is 1. The maximum atomic E-state index is 13.0. The lowest BCUT2D eigenvalue weighted by Crippen LogP contribution is -2.24. The molecule has 0 unspecified atom stereocenters. The summed E-state index contributed by atoms with van der Waals surface area (Å²) >= 11 is 0. The fourth-order valence-corrected chi connectivity index (χ4v) is 2.24. The van der Waals surface area contributed by atoms with Crippen LogP contribution in [0.3, 0.4) is 0 Å². The van der Waals surface area contributed by atoms with Crippen LogP contribution in [0.1, 0.15) is 16.8 Å². The van der Waals surface area contributed by atoms with Gasteiger partial charge in [0.05, 0.1) is 25.5 Å². The molecule has 0 aliphatic rings. The molecule has 0 amide bonds. The lowest BCUT2D eigenvalue weighted by molar-refractivity contribution is -0.164. The summed E-state index contributed by atoms with van der Waals surface area (Å²) in [6, 6.07) is 7.76. The first-order chi connectivity index (χ1) is 11.8. The quantitative estimate of drug-likeness (QED) is 0.762. The van der Waals surface area contributed by atoms with Gasteiger partial charge in [-0.2, -0.15) is 13.2 Å². The number of methoxy groups -OCH3 is 2. The van der Waals surface area contributed by atoms with Crippen LogP contribution in [-0.2, 0) is 4.79 Å². The van der Waals surface area contributed by atoms with Crippen molar-refractivity contribution in [3.8, 4) is 11.5 Å². The highest BCUT2D eigenvalue weighted by molar-refractivity contribution is 6.27. The van der Waals surface area contributed by atoms with Crippen molar-refractivity contribution in [2.45, 2.75) is 13.1 Å². The molecule has 1 aromatic carbocycles. The first-order valence-corrected chi connectivity index (χ1v) is 7.24. The number of benzene rings is 1. The van der Waals surface area contributed by atoms with Crippen LogP contribution in [0.25, 0.3) is 11.6 Å². The molecule has 132 valence electrons. The zero-order valence-corrected chi connectivity index (χ0v) is 13.8. The molecule has 0 radical (unpaired) electrons. The van der Waals surface area contributed by atoms with Crippen LogP contribution in [-0.4, -0.2) is 31.2 Å². The average molecular weight is 351 g/mol. The Hall–Kier alpha value is -2.83. The van der Waals surface area contributed by atoms with Gasteiger partial charge < -0.3 is 9.47 Å². The maximum Gasteiger partial charge on any atom is 0.454 e. The van der Waals surface area contributed by atoms with Crippen molar-refractivity contribution in [1.29, 1.82) is 0 Å². The number of allylic oxidation sites excluding steroid dienone is 1. The lowest BCUT2D eigenvalue weighted by Gasteiger charge is -2.12. The van der Waals surface area contributed by atoms with Gasteiger partial charge in [-0.3, -0.25) is 9.78 Å². The van der Waals surface area contributed by atoms with E-state index in [0.29, 0.717) is 22.6 Å². The average Bonchev–Trinajstić information content (AvgIpc) is 2.58. The van der Waals surface area contributed by atoms with E-state index in [0.717, 1.165) is 6.08 Å². The third kappa shape index (κ3) is 4.37. The van der Waals surface area contributed by atoms with Gasteiger partial charge in [-0.05, 0) is 42.3 Å². The molecule has 0 aliphatic heterocycles. The SMILES string of the molecule is COc1cc(/C=C(/C(=O)C(F)(F)F)c2ncccc2C)cc(OC)c1. The van der Waals surface area contributed by atoms with Crippen molar-refractivity contribution in [1.82, 2.24) is 4.98 Å². The second kappa shape index (κ2) is 7.38. The Labute approximate surface area is 142 Å². The van der Waals surface area contributed by atoms with Gasteiger partial charge in [0.15, 0.2) is 0 Å². The van der Waals surface area contributed by atoms with E-state index in [1.54, 1.807) is 25.1 Å². The summed E-state index contributed by atoms with van der Waals surface area (Å²) in [4.78, 5) is 15.9. The Balaban J connectivity index is 2.66. The van der Waals surface area contributed by atoms with E-state index in [4.69, 9.17) is 9.47 Å². The maximum absolute atomic E-state index is 13.0. The zero-order valence-electron chi connectivity index (χ0n) is 13.8. The molecule has 0 bridgehead atoms. The van der Waals surface area contributed by atoms with Gasteiger partial charge in [-0.1, -0.05) is 6.07 Å². The summed E-state index contributed by atoms with van der Waals surface area (Å²) in [5.41, 5.74) is 0.225. The van der Waals surface area contributed by atoms with Crippen LogP contribution in [0.2, 0.25) is 0 Å². The molecule has 0 saturated carbocycles. The van der Waals surface area contributed by atoms with Crippen molar-refractivity contribution >= 4 is 17.4 Å². The van der Waals surface area contributed by atoms with Crippen LogP contribution in [0.15, 0.2) is 36.5 Å². The Kier molecular flexibility index (Phi) is 5.46. The predicted octanol–water partition coefficient (Wildman–Crippen LogP) is 4.08. The van der Waals surface area contributed by atoms with Gasteiger partial charge in [-0.15, -0.1) is 0 Å². The summed E-state index contributed by atoms with van der Waals surface area (Å²) in [7, 11) is 2.85. The number of rotatable bonds is 5. The third-order valence-corrected chi connectivity index (χ3v) is 3.45. The Morgan fingerprint density at radius 2 is 1.72 bits per heavy atom. The number of ketones is 1. The van der Waals surface area contributed by atoms with Crippen LogP contribution in [0.5, 0.6) is 11.5 Å². The minimum atomic E-state index is -5.02. The Morgan fingerprint density at radius 3 is 2.20 bits per heavy atom. The molecule has 25 heavy (non-hydrogen) atoms. The standard InChI is InChI=1S/C18H16F3NO3/c1-11-5-4-6-22-16(11)15(17(23)18(19,20)21)9-12-7-13(24-2)10-14(8-12)25-3/h4-10H,1-3H3/b15-9+. The normalized spacial score (nSPS) is 12.0. The fourth-order valence-electron chi connectivity index (χ4n) is 2.24. The number of aromatic nitrogens is 1. The summed E-state index contributed by atoms with van der Waals surface area (Å²) in [5.74, 6) is -1.18. The number of alkyl halides is 3. The second-order valence-electron chi connectivity index (χ2n) is 5.20. The molecule has 2 aromatic rings. The van der Waals surface area contributed by atoms with Gasteiger partial charge in [0.1, 0.15) is 11.5 Å². The number of carbonyl (C=O) groups excluding carboxylic acids is 1. The minimum absolute atomic E-state index is 0.0217. The Bertz CT molecular complexity index is 791. The topological polar surface area (TPSA) is 48.4 Å². The molecule has 0 spiro atoms. The van der Waals surface area contributed by atoms with Crippen molar-refractivity contribution in [2.75, 3.05) is 14.2 Å². The molecule has 1 heterocycles. The van der Waals surface area contributed by atoms with Crippen LogP contribution in [0.4, 0.5) is 13.2 Å². The summed E-state index contributed by atoms with van der Waals surface area (Å²) < 4.78 is 49.3. The molecule has 0 aliphatic carbocycles. The van der Waals surface area contributed by atoms with Gasteiger partial charge in [0, 0.05) is 12.3 Å². The fraction of sp³-hybridized carbons (Fsp3) is 0.222. The first-order valence-electron chi connectivity index (χ1n) is 7.24. The molecule has 4 nitrogen and oxygen atoms in total. The van der Waals surface area contributed by atoms with E-state index in [9.17, 15) is 18.0 Å².